The standard InChI is InChI=1S/C11H24N2O/c1-4-10(3)13(5-2)11(14)8-6-7-9-12/h10H,4-9,12H2,1-3H3. The number of nitrogens with two attached hydrogens (primary N) is 1. The zero-order chi connectivity index (χ0) is 11.0. The predicted molar refractivity (Wildman–Crippen MR) is 60.0 cm³/mol. The van der Waals surface area contributed by atoms with Gasteiger partial charge in [-0.05, 0) is 39.7 Å². The lowest BCUT2D eigenvalue weighted by molar-refractivity contribution is -0.133. The molecular weight excluding hydrogens is 176 g/mol. The molecule has 0 aromatic heterocycles. The first kappa shape index (κ1) is 13.4. The number of nitrogens with zero attached hydrogens (tertiary/aromatic N) is 1. The number of carbonyl (C=O) groups is 1. The molecule has 1 amide bonds. The summed E-state index contributed by atoms with van der Waals surface area (Å²) in [4.78, 5) is 13.7. The summed E-state index contributed by atoms with van der Waals surface area (Å²) in [6.07, 6.45) is 3.54. The molecular formula is C11H24N2O. The van der Waals surface area contributed by atoms with Crippen molar-refractivity contribution in [3.05, 3.63) is 0 Å². The van der Waals surface area contributed by atoms with E-state index in [4.69, 9.17) is 5.73 Å². The van der Waals surface area contributed by atoms with Gasteiger partial charge >= 0.3 is 0 Å². The van der Waals surface area contributed by atoms with Crippen LogP contribution in [0.3, 0.4) is 0 Å². The second kappa shape index (κ2) is 7.80. The molecule has 0 bridgehead atoms. The minimum absolute atomic E-state index is 0.273. The molecule has 0 spiro atoms. The van der Waals surface area contributed by atoms with Crippen molar-refractivity contribution >= 4 is 5.91 Å². The maximum absolute atomic E-state index is 11.7. The fraction of sp³-hybridized carbons (Fsp3) is 0.909. The van der Waals surface area contributed by atoms with Crippen molar-refractivity contribution in [2.75, 3.05) is 13.1 Å². The summed E-state index contributed by atoms with van der Waals surface area (Å²) in [5.41, 5.74) is 5.38. The molecule has 1 unspecified atom stereocenters. The fourth-order valence-corrected chi connectivity index (χ4v) is 1.52. The summed E-state index contributed by atoms with van der Waals surface area (Å²) < 4.78 is 0. The summed E-state index contributed by atoms with van der Waals surface area (Å²) >= 11 is 0. The van der Waals surface area contributed by atoms with Crippen LogP contribution in [0.25, 0.3) is 0 Å². The van der Waals surface area contributed by atoms with E-state index in [-0.39, 0.29) is 5.91 Å². The van der Waals surface area contributed by atoms with Gasteiger partial charge in [0, 0.05) is 19.0 Å². The van der Waals surface area contributed by atoms with Crippen LogP contribution in [0, 0.1) is 0 Å². The average Bonchev–Trinajstić information content (AvgIpc) is 2.19. The molecule has 2 N–H and O–H groups in total. The van der Waals surface area contributed by atoms with Crippen molar-refractivity contribution in [1.29, 1.82) is 0 Å². The molecule has 0 saturated heterocycles. The topological polar surface area (TPSA) is 46.3 Å². The average molecular weight is 200 g/mol. The number of unbranched alkanes of at least 4 members (excludes halogenated alkanes) is 1. The van der Waals surface area contributed by atoms with Gasteiger partial charge in [0.2, 0.25) is 5.91 Å². The Morgan fingerprint density at radius 3 is 2.43 bits per heavy atom. The lowest BCUT2D eigenvalue weighted by Gasteiger charge is -2.27. The van der Waals surface area contributed by atoms with Gasteiger partial charge in [-0.3, -0.25) is 4.79 Å². The van der Waals surface area contributed by atoms with E-state index in [2.05, 4.69) is 13.8 Å². The number of hydrogen-bond donors (Lipinski definition) is 1. The van der Waals surface area contributed by atoms with E-state index in [0.29, 0.717) is 19.0 Å². The smallest absolute Gasteiger partial charge is 0.222 e. The minimum atomic E-state index is 0.273. The monoisotopic (exact) mass is 200 g/mol. The van der Waals surface area contributed by atoms with E-state index < -0.39 is 0 Å². The van der Waals surface area contributed by atoms with E-state index in [1.54, 1.807) is 0 Å². The van der Waals surface area contributed by atoms with Crippen LogP contribution >= 0.6 is 0 Å². The predicted octanol–water partition coefficient (Wildman–Crippen LogP) is 1.76. The van der Waals surface area contributed by atoms with Crippen LogP contribution in [0.15, 0.2) is 0 Å². The normalized spacial score (nSPS) is 12.6. The van der Waals surface area contributed by atoms with Crippen LogP contribution in [-0.4, -0.2) is 29.9 Å². The molecule has 3 heteroatoms. The Morgan fingerprint density at radius 1 is 1.36 bits per heavy atom. The van der Waals surface area contributed by atoms with E-state index in [0.717, 1.165) is 25.8 Å². The van der Waals surface area contributed by atoms with Gasteiger partial charge in [0.15, 0.2) is 0 Å². The largest absolute Gasteiger partial charge is 0.340 e. The highest BCUT2D eigenvalue weighted by molar-refractivity contribution is 5.76. The Bertz CT molecular complexity index is 159. The zero-order valence-electron chi connectivity index (χ0n) is 9.75. The van der Waals surface area contributed by atoms with Crippen LogP contribution < -0.4 is 5.73 Å². The maximum Gasteiger partial charge on any atom is 0.222 e. The highest BCUT2D eigenvalue weighted by Gasteiger charge is 2.15. The van der Waals surface area contributed by atoms with Gasteiger partial charge in [-0.1, -0.05) is 6.92 Å². The molecule has 3 nitrogen and oxygen atoms in total. The molecule has 0 fully saturated rings. The van der Waals surface area contributed by atoms with Gasteiger partial charge in [0.05, 0.1) is 0 Å². The number of amides is 1. The summed E-state index contributed by atoms with van der Waals surface area (Å²) in [5.74, 6) is 0.273. The van der Waals surface area contributed by atoms with Crippen LogP contribution in [0.4, 0.5) is 0 Å². The second-order valence-corrected chi connectivity index (χ2v) is 3.68. The van der Waals surface area contributed by atoms with Crippen molar-refractivity contribution in [2.45, 2.75) is 52.5 Å². The van der Waals surface area contributed by atoms with Gasteiger partial charge < -0.3 is 10.6 Å². The molecule has 0 saturated carbocycles. The molecule has 0 aliphatic heterocycles. The Hall–Kier alpha value is -0.570. The molecule has 0 aliphatic carbocycles. The van der Waals surface area contributed by atoms with Gasteiger partial charge in [-0.2, -0.15) is 0 Å². The lowest BCUT2D eigenvalue weighted by Crippen LogP contribution is -2.37. The van der Waals surface area contributed by atoms with E-state index in [1.807, 2.05) is 11.8 Å². The first-order valence-corrected chi connectivity index (χ1v) is 5.66. The van der Waals surface area contributed by atoms with Crippen LogP contribution in [0.5, 0.6) is 0 Å². The number of hydrogen-bond acceptors (Lipinski definition) is 2. The molecule has 0 aliphatic rings. The summed E-state index contributed by atoms with van der Waals surface area (Å²) in [6, 6.07) is 0.366. The van der Waals surface area contributed by atoms with E-state index >= 15 is 0 Å². The molecule has 0 radical (unpaired) electrons. The van der Waals surface area contributed by atoms with E-state index in [1.165, 1.54) is 0 Å². The van der Waals surface area contributed by atoms with Crippen LogP contribution in [-0.2, 0) is 4.79 Å². The first-order valence-electron chi connectivity index (χ1n) is 5.66. The van der Waals surface area contributed by atoms with E-state index in [9.17, 15) is 4.79 Å². The Labute approximate surface area is 87.6 Å². The van der Waals surface area contributed by atoms with Crippen LogP contribution in [0.1, 0.15) is 46.5 Å². The lowest BCUT2D eigenvalue weighted by atomic mass is 10.1. The molecule has 14 heavy (non-hydrogen) atoms. The maximum atomic E-state index is 11.7. The van der Waals surface area contributed by atoms with Crippen molar-refractivity contribution in [1.82, 2.24) is 4.90 Å². The fourth-order valence-electron chi connectivity index (χ4n) is 1.52. The molecule has 0 rings (SSSR count). The van der Waals surface area contributed by atoms with Crippen molar-refractivity contribution in [3.8, 4) is 0 Å². The van der Waals surface area contributed by atoms with Crippen molar-refractivity contribution in [3.63, 3.8) is 0 Å². The third-order valence-corrected chi connectivity index (χ3v) is 2.63. The minimum Gasteiger partial charge on any atom is -0.340 e. The Morgan fingerprint density at radius 2 is 2.00 bits per heavy atom. The molecule has 1 atom stereocenters. The third-order valence-electron chi connectivity index (χ3n) is 2.63. The van der Waals surface area contributed by atoms with Crippen molar-refractivity contribution < 1.29 is 4.79 Å². The van der Waals surface area contributed by atoms with Crippen molar-refractivity contribution in [2.24, 2.45) is 5.73 Å². The Kier molecular flexibility index (Phi) is 7.48. The van der Waals surface area contributed by atoms with Gasteiger partial charge in [0.1, 0.15) is 0 Å². The quantitative estimate of drug-likeness (QED) is 0.637. The Balaban J connectivity index is 3.91. The van der Waals surface area contributed by atoms with Gasteiger partial charge in [0.25, 0.3) is 0 Å². The first-order chi connectivity index (χ1) is 6.67. The third kappa shape index (κ3) is 4.61. The summed E-state index contributed by atoms with van der Waals surface area (Å²) in [7, 11) is 0. The molecule has 84 valence electrons. The number of carbonyl (C=O) groups excluding carboxylic acids is 1. The highest BCUT2D eigenvalue weighted by Crippen LogP contribution is 2.07. The highest BCUT2D eigenvalue weighted by atomic mass is 16.2. The van der Waals surface area contributed by atoms with Gasteiger partial charge in [-0.15, -0.1) is 0 Å². The van der Waals surface area contributed by atoms with Gasteiger partial charge in [-0.25, -0.2) is 0 Å². The second-order valence-electron chi connectivity index (χ2n) is 3.68. The van der Waals surface area contributed by atoms with Crippen LogP contribution in [0.2, 0.25) is 0 Å². The zero-order valence-corrected chi connectivity index (χ0v) is 9.75. The molecule has 0 aromatic rings. The molecule has 0 aromatic carbocycles. The summed E-state index contributed by atoms with van der Waals surface area (Å²) in [5, 5.41) is 0. The molecule has 0 heterocycles. The summed E-state index contributed by atoms with van der Waals surface area (Å²) in [6.45, 7) is 7.75. The number of rotatable bonds is 7. The SMILES string of the molecule is CCC(C)N(CC)C(=O)CCCCN.